The van der Waals surface area contributed by atoms with Gasteiger partial charge in [0.25, 0.3) is 0 Å². The van der Waals surface area contributed by atoms with Crippen molar-refractivity contribution in [2.45, 2.75) is 12.2 Å². The molecule has 0 aromatic heterocycles. The van der Waals surface area contributed by atoms with Crippen molar-refractivity contribution in [1.82, 2.24) is 5.32 Å². The fourth-order valence-electron chi connectivity index (χ4n) is 1.40. The average Bonchev–Trinajstić information content (AvgIpc) is 2.19. The molecule has 0 aliphatic rings. The summed E-state index contributed by atoms with van der Waals surface area (Å²) in [7, 11) is 1.51. The van der Waals surface area contributed by atoms with Crippen molar-refractivity contribution in [2.75, 3.05) is 13.7 Å². The minimum Gasteiger partial charge on any atom is -0.394 e. The van der Waals surface area contributed by atoms with Gasteiger partial charge in [-0.2, -0.15) is 13.2 Å². The summed E-state index contributed by atoms with van der Waals surface area (Å²) in [5, 5.41) is 11.6. The molecule has 0 heterocycles. The van der Waals surface area contributed by atoms with Crippen molar-refractivity contribution in [3.8, 4) is 0 Å². The van der Waals surface area contributed by atoms with Crippen LogP contribution >= 0.6 is 0 Å². The van der Waals surface area contributed by atoms with Crippen molar-refractivity contribution in [3.05, 3.63) is 35.4 Å². The van der Waals surface area contributed by atoms with Crippen LogP contribution in [0.25, 0.3) is 0 Å². The van der Waals surface area contributed by atoms with E-state index in [0.717, 1.165) is 6.07 Å². The molecule has 1 atom stereocenters. The summed E-state index contributed by atoms with van der Waals surface area (Å²) >= 11 is 0. The monoisotopic (exact) mass is 219 g/mol. The van der Waals surface area contributed by atoms with E-state index in [-0.39, 0.29) is 12.2 Å². The smallest absolute Gasteiger partial charge is 0.394 e. The minimum absolute atomic E-state index is 0.0648. The van der Waals surface area contributed by atoms with Crippen LogP contribution in [-0.4, -0.2) is 18.8 Å². The van der Waals surface area contributed by atoms with Gasteiger partial charge in [0.2, 0.25) is 0 Å². The molecule has 1 unspecified atom stereocenters. The van der Waals surface area contributed by atoms with Crippen LogP contribution in [-0.2, 0) is 6.18 Å². The molecular weight excluding hydrogens is 207 g/mol. The van der Waals surface area contributed by atoms with Crippen molar-refractivity contribution in [2.24, 2.45) is 0 Å². The number of nitrogens with one attached hydrogen (secondary N) is 1. The molecule has 0 radical (unpaired) electrons. The fourth-order valence-corrected chi connectivity index (χ4v) is 1.40. The third-order valence-corrected chi connectivity index (χ3v) is 2.17. The second kappa shape index (κ2) is 4.63. The molecule has 0 amide bonds. The third-order valence-electron chi connectivity index (χ3n) is 2.17. The third kappa shape index (κ3) is 2.70. The normalized spacial score (nSPS) is 13.9. The Kier molecular flexibility index (Phi) is 3.71. The van der Waals surface area contributed by atoms with Crippen LogP contribution in [0.5, 0.6) is 0 Å². The zero-order chi connectivity index (χ0) is 11.5. The van der Waals surface area contributed by atoms with E-state index >= 15 is 0 Å². The Balaban J connectivity index is 3.17. The molecule has 0 saturated carbocycles. The molecule has 84 valence electrons. The zero-order valence-corrected chi connectivity index (χ0v) is 8.17. The number of halogens is 3. The van der Waals surface area contributed by atoms with Crippen LogP contribution < -0.4 is 5.32 Å². The molecule has 0 fully saturated rings. The predicted molar refractivity (Wildman–Crippen MR) is 50.3 cm³/mol. The highest BCUT2D eigenvalue weighted by Crippen LogP contribution is 2.34. The number of benzene rings is 1. The van der Waals surface area contributed by atoms with Gasteiger partial charge in [-0.3, -0.25) is 0 Å². The molecule has 15 heavy (non-hydrogen) atoms. The fraction of sp³-hybridized carbons (Fsp3) is 0.400. The van der Waals surface area contributed by atoms with E-state index in [2.05, 4.69) is 5.32 Å². The Labute approximate surface area is 85.7 Å². The highest BCUT2D eigenvalue weighted by Gasteiger charge is 2.34. The van der Waals surface area contributed by atoms with Crippen LogP contribution in [0, 0.1) is 0 Å². The first kappa shape index (κ1) is 12.0. The van der Waals surface area contributed by atoms with E-state index in [9.17, 15) is 13.2 Å². The van der Waals surface area contributed by atoms with Crippen LogP contribution in [0.15, 0.2) is 24.3 Å². The van der Waals surface area contributed by atoms with Crippen molar-refractivity contribution in [3.63, 3.8) is 0 Å². The maximum atomic E-state index is 12.6. The second-order valence-corrected chi connectivity index (χ2v) is 3.11. The molecular formula is C10H12F3NO. The molecule has 1 aromatic rings. The lowest BCUT2D eigenvalue weighted by Crippen LogP contribution is -2.23. The first-order valence-corrected chi connectivity index (χ1v) is 4.45. The minimum atomic E-state index is -4.39. The number of alkyl halides is 3. The number of hydrogen-bond donors (Lipinski definition) is 2. The van der Waals surface area contributed by atoms with E-state index < -0.39 is 17.8 Å². The molecule has 0 aliphatic carbocycles. The van der Waals surface area contributed by atoms with Gasteiger partial charge in [0.05, 0.1) is 18.2 Å². The summed E-state index contributed by atoms with van der Waals surface area (Å²) < 4.78 is 37.7. The Morgan fingerprint density at radius 2 is 1.93 bits per heavy atom. The van der Waals surface area contributed by atoms with E-state index in [0.29, 0.717) is 0 Å². The van der Waals surface area contributed by atoms with E-state index in [4.69, 9.17) is 5.11 Å². The van der Waals surface area contributed by atoms with E-state index in [1.54, 1.807) is 0 Å². The predicted octanol–water partition coefficient (Wildman–Crippen LogP) is 1.96. The molecule has 0 saturated heterocycles. The van der Waals surface area contributed by atoms with Crippen molar-refractivity contribution in [1.29, 1.82) is 0 Å². The lowest BCUT2D eigenvalue weighted by Gasteiger charge is -2.19. The molecule has 2 N–H and O–H groups in total. The Morgan fingerprint density at radius 3 is 2.40 bits per heavy atom. The maximum absolute atomic E-state index is 12.6. The van der Waals surface area contributed by atoms with E-state index in [1.165, 1.54) is 25.2 Å². The molecule has 1 rings (SSSR count). The SMILES string of the molecule is CNC(CO)c1ccccc1C(F)(F)F. The number of rotatable bonds is 3. The highest BCUT2D eigenvalue weighted by molar-refractivity contribution is 5.32. The van der Waals surface area contributed by atoms with Gasteiger partial charge >= 0.3 is 6.18 Å². The molecule has 2 nitrogen and oxygen atoms in total. The summed E-state index contributed by atoms with van der Waals surface area (Å²) in [4.78, 5) is 0. The van der Waals surface area contributed by atoms with Gasteiger partial charge in [-0.05, 0) is 18.7 Å². The summed E-state index contributed by atoms with van der Waals surface area (Å²) in [6.07, 6.45) is -4.39. The van der Waals surface area contributed by atoms with Crippen LogP contribution in [0.3, 0.4) is 0 Å². The first-order valence-electron chi connectivity index (χ1n) is 4.45. The van der Waals surface area contributed by atoms with Crippen LogP contribution in [0.4, 0.5) is 13.2 Å². The average molecular weight is 219 g/mol. The van der Waals surface area contributed by atoms with Gasteiger partial charge in [0.1, 0.15) is 0 Å². The second-order valence-electron chi connectivity index (χ2n) is 3.11. The van der Waals surface area contributed by atoms with Gasteiger partial charge in [-0.1, -0.05) is 18.2 Å². The molecule has 0 bridgehead atoms. The standard InChI is InChI=1S/C10H12F3NO/c1-14-9(6-15)7-4-2-3-5-8(7)10(11,12)13/h2-5,9,14-15H,6H2,1H3. The number of aliphatic hydroxyl groups excluding tert-OH is 1. The van der Waals surface area contributed by atoms with Gasteiger partial charge in [-0.25, -0.2) is 0 Å². The van der Waals surface area contributed by atoms with Crippen molar-refractivity contribution >= 4 is 0 Å². The number of aliphatic hydroxyl groups is 1. The van der Waals surface area contributed by atoms with Gasteiger partial charge in [-0.15, -0.1) is 0 Å². The Hall–Kier alpha value is -1.07. The first-order chi connectivity index (χ1) is 7.00. The van der Waals surface area contributed by atoms with Crippen LogP contribution in [0.1, 0.15) is 17.2 Å². The summed E-state index contributed by atoms with van der Waals surface area (Å²) in [6, 6.07) is 4.53. The number of likely N-dealkylation sites (N-methyl/N-ethyl adjacent to an activating group) is 1. The highest BCUT2D eigenvalue weighted by atomic mass is 19.4. The van der Waals surface area contributed by atoms with Gasteiger partial charge in [0, 0.05) is 0 Å². The lowest BCUT2D eigenvalue weighted by atomic mass is 10.0. The summed E-state index contributed by atoms with van der Waals surface area (Å²) in [5.41, 5.74) is -0.645. The molecule has 0 aliphatic heterocycles. The summed E-state index contributed by atoms with van der Waals surface area (Å²) in [6.45, 7) is -0.371. The van der Waals surface area contributed by atoms with Crippen molar-refractivity contribution < 1.29 is 18.3 Å². The Bertz CT molecular complexity index is 321. The zero-order valence-electron chi connectivity index (χ0n) is 8.17. The molecule has 0 spiro atoms. The molecule has 5 heteroatoms. The van der Waals surface area contributed by atoms with E-state index in [1.807, 2.05) is 0 Å². The Morgan fingerprint density at radius 1 is 1.33 bits per heavy atom. The van der Waals surface area contributed by atoms with Gasteiger partial charge in [0.15, 0.2) is 0 Å². The van der Waals surface area contributed by atoms with Crippen LogP contribution in [0.2, 0.25) is 0 Å². The quantitative estimate of drug-likeness (QED) is 0.814. The largest absolute Gasteiger partial charge is 0.416 e. The topological polar surface area (TPSA) is 32.3 Å². The lowest BCUT2D eigenvalue weighted by molar-refractivity contribution is -0.138. The van der Waals surface area contributed by atoms with Gasteiger partial charge < -0.3 is 10.4 Å². The number of hydrogen-bond acceptors (Lipinski definition) is 2. The maximum Gasteiger partial charge on any atom is 0.416 e. The molecule has 1 aromatic carbocycles. The summed E-state index contributed by atoms with van der Waals surface area (Å²) in [5.74, 6) is 0.